The van der Waals surface area contributed by atoms with E-state index in [0.717, 1.165) is 49.8 Å². The third-order valence-electron chi connectivity index (χ3n) is 7.86. The standard InChI is InChI=1S/C30H30ClF2N3O4/c1-40-27(18-10-6-3-7-11-18)30(35-24-15-21(32)22(33)16-25(24)36-30)26(17-8-4-2-5-9-17)28(37)34-23-13-12-19(29(38)39)14-20(23)31/h3,6-7,10-17,26-27,35-36H,2,4-5,8-9H2,1H3,(H,34,37)(H,38,39)/t26-,27?/m0/s1. The maximum Gasteiger partial charge on any atom is 0.335 e. The number of carboxylic acid groups (broad SMARTS) is 1. The maximum atomic E-state index is 14.4. The second kappa shape index (κ2) is 11.4. The van der Waals surface area contributed by atoms with Gasteiger partial charge < -0.3 is 25.8 Å². The first kappa shape index (κ1) is 27.9. The van der Waals surface area contributed by atoms with Crippen LogP contribution < -0.4 is 16.0 Å². The van der Waals surface area contributed by atoms with Crippen LogP contribution in [0.1, 0.15) is 54.1 Å². The van der Waals surface area contributed by atoms with E-state index < -0.39 is 35.3 Å². The van der Waals surface area contributed by atoms with E-state index in [1.165, 1.54) is 25.3 Å². The molecule has 2 atom stereocenters. The fraction of sp³-hybridized carbons (Fsp3) is 0.333. The van der Waals surface area contributed by atoms with Gasteiger partial charge in [-0.15, -0.1) is 0 Å². The lowest BCUT2D eigenvalue weighted by atomic mass is 9.70. The lowest BCUT2D eigenvalue weighted by Gasteiger charge is -2.46. The Morgan fingerprint density at radius 1 is 1.00 bits per heavy atom. The largest absolute Gasteiger partial charge is 0.478 e. The quantitative estimate of drug-likeness (QED) is 0.231. The predicted octanol–water partition coefficient (Wildman–Crippen LogP) is 7.07. The molecule has 1 saturated carbocycles. The molecule has 1 unspecified atom stereocenters. The van der Waals surface area contributed by atoms with E-state index in [4.69, 9.17) is 16.3 Å². The minimum atomic E-state index is -1.34. The highest BCUT2D eigenvalue weighted by Gasteiger charge is 2.56. The van der Waals surface area contributed by atoms with Crippen LogP contribution in [0.3, 0.4) is 0 Å². The second-order valence-corrected chi connectivity index (χ2v) is 10.7. The van der Waals surface area contributed by atoms with Crippen molar-refractivity contribution in [3.05, 3.63) is 88.4 Å². The van der Waals surface area contributed by atoms with E-state index in [0.29, 0.717) is 11.4 Å². The maximum absolute atomic E-state index is 14.4. The van der Waals surface area contributed by atoms with Crippen molar-refractivity contribution >= 4 is 40.5 Å². The van der Waals surface area contributed by atoms with Crippen molar-refractivity contribution in [1.82, 2.24) is 0 Å². The van der Waals surface area contributed by atoms with Gasteiger partial charge in [-0.2, -0.15) is 0 Å². The van der Waals surface area contributed by atoms with Crippen molar-refractivity contribution in [2.75, 3.05) is 23.1 Å². The Hall–Kier alpha value is -3.69. The number of nitrogens with one attached hydrogen (secondary N) is 3. The Bertz CT molecular complexity index is 1380. The summed E-state index contributed by atoms with van der Waals surface area (Å²) < 4.78 is 34.8. The monoisotopic (exact) mass is 569 g/mol. The molecule has 2 aliphatic rings. The summed E-state index contributed by atoms with van der Waals surface area (Å²) in [5.41, 5.74) is 0.303. The Morgan fingerprint density at radius 3 is 2.17 bits per heavy atom. The average Bonchev–Trinajstić information content (AvgIpc) is 3.29. The van der Waals surface area contributed by atoms with Gasteiger partial charge in [-0.25, -0.2) is 13.6 Å². The van der Waals surface area contributed by atoms with Crippen LogP contribution in [0, 0.1) is 23.5 Å². The molecule has 5 rings (SSSR count). The molecule has 7 nitrogen and oxygen atoms in total. The SMILES string of the molecule is COC(c1ccccc1)C1([C@H](C(=O)Nc2ccc(C(=O)O)cc2Cl)C2CCCCC2)Nc2cc(F)c(F)cc2N1. The molecule has 1 amide bonds. The first-order valence-electron chi connectivity index (χ1n) is 13.2. The molecular weight excluding hydrogens is 540 g/mol. The van der Waals surface area contributed by atoms with Gasteiger partial charge in [0.15, 0.2) is 17.3 Å². The first-order chi connectivity index (χ1) is 19.2. The number of carbonyl (C=O) groups excluding carboxylic acids is 1. The van der Waals surface area contributed by atoms with E-state index >= 15 is 0 Å². The van der Waals surface area contributed by atoms with Gasteiger partial charge in [-0.05, 0) is 42.5 Å². The van der Waals surface area contributed by atoms with Gasteiger partial charge in [0.25, 0.3) is 0 Å². The van der Waals surface area contributed by atoms with Crippen molar-refractivity contribution in [2.24, 2.45) is 11.8 Å². The number of carboxylic acids is 1. The zero-order chi connectivity index (χ0) is 28.4. The van der Waals surface area contributed by atoms with Crippen molar-refractivity contribution < 1.29 is 28.2 Å². The summed E-state index contributed by atoms with van der Waals surface area (Å²) >= 11 is 6.38. The Morgan fingerprint density at radius 2 is 1.62 bits per heavy atom. The van der Waals surface area contributed by atoms with Crippen molar-refractivity contribution in [1.29, 1.82) is 0 Å². The minimum Gasteiger partial charge on any atom is -0.478 e. The van der Waals surface area contributed by atoms with Gasteiger partial charge in [-0.1, -0.05) is 61.2 Å². The summed E-state index contributed by atoms with van der Waals surface area (Å²) in [5, 5.41) is 19.0. The highest BCUT2D eigenvalue weighted by Crippen LogP contribution is 2.50. The van der Waals surface area contributed by atoms with Gasteiger partial charge in [-0.3, -0.25) is 4.79 Å². The molecular formula is C30H30ClF2N3O4. The number of halogens is 3. The fourth-order valence-corrected chi connectivity index (χ4v) is 6.34. The molecule has 3 aromatic rings. The van der Waals surface area contributed by atoms with Gasteiger partial charge >= 0.3 is 5.97 Å². The third kappa shape index (κ3) is 5.23. The Labute approximate surface area is 235 Å². The van der Waals surface area contributed by atoms with Crippen molar-refractivity contribution in [3.63, 3.8) is 0 Å². The van der Waals surface area contributed by atoms with Gasteiger partial charge in [0.05, 0.1) is 33.6 Å². The molecule has 0 radical (unpaired) electrons. The zero-order valence-corrected chi connectivity index (χ0v) is 22.6. The molecule has 40 heavy (non-hydrogen) atoms. The molecule has 0 saturated heterocycles. The summed E-state index contributed by atoms with van der Waals surface area (Å²) in [6, 6.07) is 15.6. The molecule has 3 aromatic carbocycles. The number of methoxy groups -OCH3 is 1. The topological polar surface area (TPSA) is 99.7 Å². The van der Waals surface area contributed by atoms with Gasteiger partial charge in [0.1, 0.15) is 6.10 Å². The van der Waals surface area contributed by atoms with E-state index in [-0.39, 0.29) is 28.1 Å². The molecule has 1 aliphatic carbocycles. The first-order valence-corrected chi connectivity index (χ1v) is 13.6. The van der Waals surface area contributed by atoms with E-state index in [1.54, 1.807) is 0 Å². The molecule has 0 bridgehead atoms. The van der Waals surface area contributed by atoms with Crippen molar-refractivity contribution in [2.45, 2.75) is 43.9 Å². The number of anilines is 3. The number of carbonyl (C=O) groups is 2. The summed E-state index contributed by atoms with van der Waals surface area (Å²) in [6.07, 6.45) is 3.67. The van der Waals surface area contributed by atoms with Crippen LogP contribution in [0.5, 0.6) is 0 Å². The number of hydrogen-bond acceptors (Lipinski definition) is 5. The fourth-order valence-electron chi connectivity index (χ4n) is 6.11. The molecule has 10 heteroatoms. The zero-order valence-electron chi connectivity index (χ0n) is 21.8. The van der Waals surface area contributed by atoms with Gasteiger partial charge in [0, 0.05) is 19.2 Å². The van der Waals surface area contributed by atoms with Crippen LogP contribution in [0.2, 0.25) is 5.02 Å². The molecule has 4 N–H and O–H groups in total. The number of rotatable bonds is 8. The van der Waals surface area contributed by atoms with Gasteiger partial charge in [0.2, 0.25) is 5.91 Å². The van der Waals surface area contributed by atoms with E-state index in [1.807, 2.05) is 30.3 Å². The normalized spacial score (nSPS) is 17.7. The van der Waals surface area contributed by atoms with Crippen LogP contribution in [-0.4, -0.2) is 29.8 Å². The molecule has 1 aliphatic heterocycles. The third-order valence-corrected chi connectivity index (χ3v) is 8.18. The number of aromatic carboxylic acids is 1. The highest BCUT2D eigenvalue weighted by molar-refractivity contribution is 6.34. The number of amides is 1. The molecule has 0 spiro atoms. The Balaban J connectivity index is 1.63. The number of ether oxygens (including phenoxy) is 1. The van der Waals surface area contributed by atoms with Crippen LogP contribution in [0.15, 0.2) is 60.7 Å². The molecule has 1 heterocycles. The summed E-state index contributed by atoms with van der Waals surface area (Å²) in [5.74, 6) is -4.46. The average molecular weight is 570 g/mol. The summed E-state index contributed by atoms with van der Waals surface area (Å²) in [6.45, 7) is 0. The molecule has 1 fully saturated rings. The smallest absolute Gasteiger partial charge is 0.335 e. The number of hydrogen-bond donors (Lipinski definition) is 4. The summed E-state index contributed by atoms with van der Waals surface area (Å²) in [7, 11) is 1.53. The highest BCUT2D eigenvalue weighted by atomic mass is 35.5. The van der Waals surface area contributed by atoms with Crippen LogP contribution >= 0.6 is 11.6 Å². The van der Waals surface area contributed by atoms with Crippen LogP contribution in [0.25, 0.3) is 0 Å². The lowest BCUT2D eigenvalue weighted by molar-refractivity contribution is -0.126. The Kier molecular flexibility index (Phi) is 7.96. The number of fused-ring (bicyclic) bond motifs is 1. The molecule has 0 aromatic heterocycles. The van der Waals surface area contributed by atoms with E-state index in [9.17, 15) is 23.5 Å². The van der Waals surface area contributed by atoms with Crippen LogP contribution in [0.4, 0.5) is 25.8 Å². The van der Waals surface area contributed by atoms with Crippen LogP contribution in [-0.2, 0) is 9.53 Å². The van der Waals surface area contributed by atoms with E-state index in [2.05, 4.69) is 16.0 Å². The summed E-state index contributed by atoms with van der Waals surface area (Å²) in [4.78, 5) is 25.7. The second-order valence-electron chi connectivity index (χ2n) is 10.3. The minimum absolute atomic E-state index is 0.00884. The number of benzene rings is 3. The lowest BCUT2D eigenvalue weighted by Crippen LogP contribution is -2.60. The molecule has 210 valence electrons. The predicted molar refractivity (Wildman–Crippen MR) is 150 cm³/mol. The van der Waals surface area contributed by atoms with Crippen molar-refractivity contribution in [3.8, 4) is 0 Å².